The molecule has 0 aliphatic heterocycles. The lowest BCUT2D eigenvalue weighted by molar-refractivity contribution is -0.138. The Hall–Kier alpha value is -1.10. The molecule has 4 N–H and O–H groups in total. The topological polar surface area (TPSA) is 92.4 Å². The molecule has 0 aromatic rings. The van der Waals surface area contributed by atoms with Crippen molar-refractivity contribution in [3.8, 4) is 0 Å². The van der Waals surface area contributed by atoms with Crippen molar-refractivity contribution in [1.82, 2.24) is 5.32 Å². The fourth-order valence-corrected chi connectivity index (χ4v) is 1.59. The van der Waals surface area contributed by atoms with E-state index >= 15 is 0 Å². The largest absolute Gasteiger partial charge is 0.481 e. The summed E-state index contributed by atoms with van der Waals surface area (Å²) in [6.07, 6.45) is 0.450. The molecule has 100 valence electrons. The Morgan fingerprint density at radius 1 is 1.35 bits per heavy atom. The van der Waals surface area contributed by atoms with E-state index in [1.807, 2.05) is 27.7 Å². The first-order chi connectivity index (χ1) is 7.69. The summed E-state index contributed by atoms with van der Waals surface area (Å²) in [6.45, 7) is 7.84. The van der Waals surface area contributed by atoms with Gasteiger partial charge in [0, 0.05) is 18.5 Å². The Balaban J connectivity index is 4.38. The second-order valence-corrected chi connectivity index (χ2v) is 5.35. The molecule has 5 heteroatoms. The fourth-order valence-electron chi connectivity index (χ4n) is 1.59. The van der Waals surface area contributed by atoms with E-state index in [-0.39, 0.29) is 24.2 Å². The molecule has 0 saturated heterocycles. The van der Waals surface area contributed by atoms with E-state index in [1.54, 1.807) is 0 Å². The number of nitrogens with two attached hydrogens (primary N) is 1. The maximum absolute atomic E-state index is 11.9. The van der Waals surface area contributed by atoms with Gasteiger partial charge in [-0.25, -0.2) is 0 Å². The second-order valence-electron chi connectivity index (χ2n) is 5.35. The molecule has 1 amide bonds. The number of amides is 1. The van der Waals surface area contributed by atoms with Gasteiger partial charge in [-0.2, -0.15) is 0 Å². The molecule has 0 fully saturated rings. The predicted octanol–water partition coefficient (Wildman–Crippen LogP) is 0.977. The van der Waals surface area contributed by atoms with Crippen molar-refractivity contribution in [2.75, 3.05) is 6.54 Å². The van der Waals surface area contributed by atoms with Gasteiger partial charge in [-0.3, -0.25) is 9.59 Å². The number of carbonyl (C=O) groups excluding carboxylic acids is 1. The highest BCUT2D eigenvalue weighted by Crippen LogP contribution is 2.15. The third kappa shape index (κ3) is 6.26. The zero-order valence-corrected chi connectivity index (χ0v) is 11.1. The Morgan fingerprint density at radius 3 is 2.24 bits per heavy atom. The van der Waals surface area contributed by atoms with Gasteiger partial charge in [0.2, 0.25) is 5.91 Å². The maximum Gasteiger partial charge on any atom is 0.303 e. The lowest BCUT2D eigenvalue weighted by Crippen LogP contribution is -2.48. The molecule has 0 heterocycles. The molecular weight excluding hydrogens is 220 g/mol. The number of rotatable bonds is 7. The van der Waals surface area contributed by atoms with Crippen LogP contribution in [-0.2, 0) is 9.59 Å². The molecule has 0 aromatic heterocycles. The average molecular weight is 244 g/mol. The molecule has 0 spiro atoms. The third-order valence-electron chi connectivity index (χ3n) is 2.82. The molecule has 0 aliphatic rings. The van der Waals surface area contributed by atoms with E-state index in [0.717, 1.165) is 0 Å². The van der Waals surface area contributed by atoms with Crippen LogP contribution in [0.3, 0.4) is 0 Å². The summed E-state index contributed by atoms with van der Waals surface area (Å²) < 4.78 is 0. The van der Waals surface area contributed by atoms with Crippen molar-refractivity contribution in [3.05, 3.63) is 0 Å². The Kier molecular flexibility index (Phi) is 6.16. The van der Waals surface area contributed by atoms with Gasteiger partial charge >= 0.3 is 5.97 Å². The molecule has 1 atom stereocenters. The van der Waals surface area contributed by atoms with Crippen LogP contribution in [0.15, 0.2) is 0 Å². The van der Waals surface area contributed by atoms with Crippen molar-refractivity contribution in [2.24, 2.45) is 17.6 Å². The summed E-state index contributed by atoms with van der Waals surface area (Å²) in [4.78, 5) is 22.4. The number of aliphatic carboxylic acids is 1. The van der Waals surface area contributed by atoms with Gasteiger partial charge < -0.3 is 16.2 Å². The highest BCUT2D eigenvalue weighted by atomic mass is 16.4. The van der Waals surface area contributed by atoms with Gasteiger partial charge in [-0.15, -0.1) is 0 Å². The molecule has 0 bridgehead atoms. The molecule has 17 heavy (non-hydrogen) atoms. The summed E-state index contributed by atoms with van der Waals surface area (Å²) in [6, 6.07) is 0. The van der Waals surface area contributed by atoms with Gasteiger partial charge in [0.15, 0.2) is 0 Å². The normalized spacial score (nSPS) is 13.5. The van der Waals surface area contributed by atoms with E-state index in [0.29, 0.717) is 13.0 Å². The zero-order chi connectivity index (χ0) is 13.6. The van der Waals surface area contributed by atoms with Crippen LogP contribution < -0.4 is 11.1 Å². The van der Waals surface area contributed by atoms with Crippen molar-refractivity contribution >= 4 is 11.9 Å². The number of nitrogens with one attached hydrogen (secondary N) is 1. The van der Waals surface area contributed by atoms with Crippen LogP contribution >= 0.6 is 0 Å². The number of carboxylic acids is 1. The molecule has 0 aromatic carbocycles. The highest BCUT2D eigenvalue weighted by Gasteiger charge is 2.27. The highest BCUT2D eigenvalue weighted by molar-refractivity contribution is 5.80. The zero-order valence-electron chi connectivity index (χ0n) is 11.1. The van der Waals surface area contributed by atoms with E-state index in [1.165, 1.54) is 0 Å². The minimum absolute atomic E-state index is 0.0439. The standard InChI is InChI=1S/C12H24N2O3/c1-8(2)9(7-13)11(17)14-12(3,4)6-5-10(15)16/h8-9H,5-7,13H2,1-4H3,(H,14,17)(H,15,16). The minimum atomic E-state index is -0.855. The molecule has 0 saturated carbocycles. The summed E-state index contributed by atoms with van der Waals surface area (Å²) in [5.41, 5.74) is 5.04. The van der Waals surface area contributed by atoms with Crippen LogP contribution in [0.1, 0.15) is 40.5 Å². The van der Waals surface area contributed by atoms with E-state index in [4.69, 9.17) is 10.8 Å². The number of carbonyl (C=O) groups is 2. The Morgan fingerprint density at radius 2 is 1.88 bits per heavy atom. The Labute approximate surface area is 103 Å². The van der Waals surface area contributed by atoms with Gasteiger partial charge in [0.05, 0.1) is 5.92 Å². The first kappa shape index (κ1) is 15.9. The quantitative estimate of drug-likeness (QED) is 0.622. The lowest BCUT2D eigenvalue weighted by atomic mass is 9.92. The summed E-state index contributed by atoms with van der Waals surface area (Å²) in [5.74, 6) is -1.00. The van der Waals surface area contributed by atoms with E-state index < -0.39 is 11.5 Å². The van der Waals surface area contributed by atoms with Crippen LogP contribution in [0.25, 0.3) is 0 Å². The first-order valence-corrected chi connectivity index (χ1v) is 5.93. The average Bonchev–Trinajstić information content (AvgIpc) is 2.14. The fraction of sp³-hybridized carbons (Fsp3) is 0.833. The van der Waals surface area contributed by atoms with Crippen molar-refractivity contribution in [2.45, 2.75) is 46.1 Å². The minimum Gasteiger partial charge on any atom is -0.481 e. The van der Waals surface area contributed by atoms with Crippen molar-refractivity contribution < 1.29 is 14.7 Å². The first-order valence-electron chi connectivity index (χ1n) is 5.93. The van der Waals surface area contributed by atoms with E-state index in [2.05, 4.69) is 5.32 Å². The lowest BCUT2D eigenvalue weighted by Gasteiger charge is -2.29. The summed E-state index contributed by atoms with van der Waals surface area (Å²) in [5, 5.41) is 11.5. The Bertz CT molecular complexity index is 275. The molecule has 0 rings (SSSR count). The van der Waals surface area contributed by atoms with Gasteiger partial charge in [-0.05, 0) is 26.2 Å². The molecule has 1 unspecified atom stereocenters. The summed E-state index contributed by atoms with van der Waals surface area (Å²) in [7, 11) is 0. The van der Waals surface area contributed by atoms with Crippen molar-refractivity contribution in [3.63, 3.8) is 0 Å². The number of hydrogen-bond acceptors (Lipinski definition) is 3. The van der Waals surface area contributed by atoms with Gasteiger partial charge in [0.25, 0.3) is 0 Å². The molecular formula is C12H24N2O3. The number of hydrogen-bond donors (Lipinski definition) is 3. The summed E-state index contributed by atoms with van der Waals surface area (Å²) >= 11 is 0. The SMILES string of the molecule is CC(C)C(CN)C(=O)NC(C)(C)CCC(=O)O. The van der Waals surface area contributed by atoms with Crippen LogP contribution in [-0.4, -0.2) is 29.1 Å². The van der Waals surface area contributed by atoms with Crippen molar-refractivity contribution in [1.29, 1.82) is 0 Å². The second kappa shape index (κ2) is 6.59. The molecule has 0 radical (unpaired) electrons. The van der Waals surface area contributed by atoms with E-state index in [9.17, 15) is 9.59 Å². The molecule has 5 nitrogen and oxygen atoms in total. The van der Waals surface area contributed by atoms with Gasteiger partial charge in [-0.1, -0.05) is 13.8 Å². The predicted molar refractivity (Wildman–Crippen MR) is 66.5 cm³/mol. The maximum atomic E-state index is 11.9. The van der Waals surface area contributed by atoms with Crippen LogP contribution in [0.4, 0.5) is 0 Å². The van der Waals surface area contributed by atoms with Crippen LogP contribution in [0.2, 0.25) is 0 Å². The third-order valence-corrected chi connectivity index (χ3v) is 2.82. The molecule has 0 aliphatic carbocycles. The van der Waals surface area contributed by atoms with Crippen LogP contribution in [0.5, 0.6) is 0 Å². The smallest absolute Gasteiger partial charge is 0.303 e. The monoisotopic (exact) mass is 244 g/mol. The number of carboxylic acid groups (broad SMARTS) is 1. The van der Waals surface area contributed by atoms with Gasteiger partial charge in [0.1, 0.15) is 0 Å². The van der Waals surface area contributed by atoms with Crippen LogP contribution in [0, 0.1) is 11.8 Å².